The average Bonchev–Trinajstić information content (AvgIpc) is 3.24. The Balaban J connectivity index is 1.69. The van der Waals surface area contributed by atoms with Crippen LogP contribution in [-0.2, 0) is 9.59 Å². The van der Waals surface area contributed by atoms with Crippen LogP contribution >= 0.6 is 39.0 Å². The third-order valence-electron chi connectivity index (χ3n) is 5.47. The number of benzene rings is 2. The van der Waals surface area contributed by atoms with Gasteiger partial charge in [-0.05, 0) is 30.3 Å². The number of phenols is 1. The fourth-order valence-electron chi connectivity index (χ4n) is 4.10. The zero-order valence-electron chi connectivity index (χ0n) is 15.9. The lowest BCUT2D eigenvalue weighted by atomic mass is 9.82. The minimum absolute atomic E-state index is 0.129. The molecule has 3 aromatic rings. The third-order valence-corrected chi connectivity index (χ3v) is 8.40. The lowest BCUT2D eigenvalue weighted by Crippen LogP contribution is -2.32. The molecule has 0 saturated carbocycles. The number of nitro groups is 1. The van der Waals surface area contributed by atoms with Crippen LogP contribution in [0, 0.1) is 16.0 Å². The summed E-state index contributed by atoms with van der Waals surface area (Å²) in [4.78, 5) is 53.6. The van der Waals surface area contributed by atoms with Gasteiger partial charge in [-0.3, -0.25) is 24.5 Å². The summed E-state index contributed by atoms with van der Waals surface area (Å²) in [6.07, 6.45) is 0. The summed E-state index contributed by atoms with van der Waals surface area (Å²) in [7, 11) is 0. The molecule has 0 radical (unpaired) electrons. The zero-order chi connectivity index (χ0) is 22.7. The standard InChI is InChI=1S/C20H12BrN3O6S2/c21-8-1-3-9(4-2-8)23-18(26)14-13(11-7-10(24(29)30)5-6-12(11)25)15-17(22-20(28)32-15)31-16(14)19(23)27/h1-7,13-14,16,25H,(H,22,28)/t13-,14+,16-/m0/s1. The number of nitro benzene ring substituents is 1. The van der Waals surface area contributed by atoms with Gasteiger partial charge < -0.3 is 10.1 Å². The average molecular weight is 534 g/mol. The number of aromatic nitrogens is 1. The number of imide groups is 1. The van der Waals surface area contributed by atoms with Crippen molar-refractivity contribution in [3.63, 3.8) is 0 Å². The van der Waals surface area contributed by atoms with Gasteiger partial charge in [-0.15, -0.1) is 0 Å². The van der Waals surface area contributed by atoms with Crippen LogP contribution < -0.4 is 9.77 Å². The van der Waals surface area contributed by atoms with E-state index in [4.69, 9.17) is 0 Å². The molecule has 162 valence electrons. The lowest BCUT2D eigenvalue weighted by molar-refractivity contribution is -0.385. The normalized spacial score (nSPS) is 22.0. The van der Waals surface area contributed by atoms with Gasteiger partial charge in [-0.25, -0.2) is 4.90 Å². The second kappa shape index (κ2) is 7.57. The molecule has 2 aliphatic rings. The van der Waals surface area contributed by atoms with Gasteiger partial charge in [0, 0.05) is 33.0 Å². The smallest absolute Gasteiger partial charge is 0.305 e. The zero-order valence-corrected chi connectivity index (χ0v) is 19.1. The first-order valence-corrected chi connectivity index (χ1v) is 11.8. The molecule has 0 spiro atoms. The highest BCUT2D eigenvalue weighted by Gasteiger charge is 2.56. The summed E-state index contributed by atoms with van der Waals surface area (Å²) in [5.41, 5.74) is 0.264. The minimum atomic E-state index is -0.942. The fraction of sp³-hybridized carbons (Fsp3) is 0.150. The number of fused-ring (bicyclic) bond motifs is 2. The molecule has 32 heavy (non-hydrogen) atoms. The molecule has 3 heterocycles. The van der Waals surface area contributed by atoms with Crippen molar-refractivity contribution >= 4 is 62.2 Å². The highest BCUT2D eigenvalue weighted by atomic mass is 79.9. The number of thiazole rings is 1. The van der Waals surface area contributed by atoms with Gasteiger partial charge in [-0.1, -0.05) is 39.0 Å². The van der Waals surface area contributed by atoms with E-state index in [0.717, 1.165) is 38.5 Å². The predicted octanol–water partition coefficient (Wildman–Crippen LogP) is 3.61. The molecule has 0 unspecified atom stereocenters. The summed E-state index contributed by atoms with van der Waals surface area (Å²) in [5.74, 6) is -3.02. The number of carbonyl (C=O) groups excluding carboxylic acids is 2. The van der Waals surface area contributed by atoms with Crippen LogP contribution in [0.1, 0.15) is 16.4 Å². The second-order valence-electron chi connectivity index (χ2n) is 7.24. The number of anilines is 1. The van der Waals surface area contributed by atoms with Gasteiger partial charge in [0.25, 0.3) is 5.69 Å². The van der Waals surface area contributed by atoms with Crippen molar-refractivity contribution in [3.8, 4) is 5.75 Å². The number of nitrogens with one attached hydrogen (secondary N) is 1. The Morgan fingerprint density at radius 2 is 1.81 bits per heavy atom. The minimum Gasteiger partial charge on any atom is -0.508 e. The number of non-ortho nitro benzene ring substituents is 1. The van der Waals surface area contributed by atoms with Gasteiger partial charge in [-0.2, -0.15) is 0 Å². The summed E-state index contributed by atoms with van der Waals surface area (Å²) >= 11 is 5.29. The first-order valence-electron chi connectivity index (χ1n) is 9.26. The summed E-state index contributed by atoms with van der Waals surface area (Å²) in [5, 5.41) is 21.5. The summed E-state index contributed by atoms with van der Waals surface area (Å²) in [6, 6.07) is 10.2. The molecule has 1 fully saturated rings. The molecule has 9 nitrogen and oxygen atoms in total. The van der Waals surface area contributed by atoms with Gasteiger partial charge in [0.15, 0.2) is 0 Å². The Labute approximate surface area is 196 Å². The van der Waals surface area contributed by atoms with Crippen LogP contribution in [0.3, 0.4) is 0 Å². The second-order valence-corrected chi connectivity index (χ2v) is 10.3. The van der Waals surface area contributed by atoms with Crippen LogP contribution in [0.25, 0.3) is 0 Å². The molecule has 2 aliphatic heterocycles. The van der Waals surface area contributed by atoms with E-state index in [1.54, 1.807) is 24.3 Å². The molecule has 1 aromatic heterocycles. The molecule has 2 amide bonds. The Kier molecular flexibility index (Phi) is 4.95. The summed E-state index contributed by atoms with van der Waals surface area (Å²) < 4.78 is 0.784. The van der Waals surface area contributed by atoms with Crippen LogP contribution in [-0.4, -0.2) is 32.1 Å². The van der Waals surface area contributed by atoms with Gasteiger partial charge in [0.05, 0.1) is 21.6 Å². The van der Waals surface area contributed by atoms with Crippen molar-refractivity contribution in [2.24, 2.45) is 5.92 Å². The van der Waals surface area contributed by atoms with E-state index in [1.807, 2.05) is 0 Å². The molecule has 1 saturated heterocycles. The third kappa shape index (κ3) is 3.17. The number of hydrogen-bond acceptors (Lipinski definition) is 8. The van der Waals surface area contributed by atoms with E-state index < -0.39 is 33.8 Å². The molecule has 3 atom stereocenters. The van der Waals surface area contributed by atoms with Crippen molar-refractivity contribution in [2.45, 2.75) is 16.2 Å². The maximum absolute atomic E-state index is 13.5. The van der Waals surface area contributed by atoms with Gasteiger partial charge in [0.1, 0.15) is 11.0 Å². The van der Waals surface area contributed by atoms with Crippen molar-refractivity contribution in [1.82, 2.24) is 4.98 Å². The predicted molar refractivity (Wildman–Crippen MR) is 121 cm³/mol. The van der Waals surface area contributed by atoms with Crippen LogP contribution in [0.2, 0.25) is 0 Å². The topological polar surface area (TPSA) is 134 Å². The van der Waals surface area contributed by atoms with Gasteiger partial charge >= 0.3 is 4.87 Å². The van der Waals surface area contributed by atoms with Crippen LogP contribution in [0.4, 0.5) is 11.4 Å². The quantitative estimate of drug-likeness (QED) is 0.298. The number of hydrogen-bond donors (Lipinski definition) is 2. The van der Waals surface area contributed by atoms with E-state index >= 15 is 0 Å². The monoisotopic (exact) mass is 533 g/mol. The SMILES string of the molecule is O=C1[C@@H]2[C@H](c3cc([N+](=O)[O-])ccc3O)c3sc(=O)[nH]c3S[C@@H]2C(=O)N1c1ccc(Br)cc1. The number of amides is 2. The van der Waals surface area contributed by atoms with Crippen molar-refractivity contribution < 1.29 is 19.6 Å². The Bertz CT molecular complexity index is 1350. The van der Waals surface area contributed by atoms with Crippen molar-refractivity contribution in [3.05, 3.63) is 77.2 Å². The Hall–Kier alpha value is -2.96. The molecule has 0 aliphatic carbocycles. The molecule has 0 bridgehead atoms. The number of H-pyrrole nitrogens is 1. The maximum Gasteiger partial charge on any atom is 0.305 e. The highest BCUT2D eigenvalue weighted by Crippen LogP contribution is 2.54. The molecular formula is C20H12BrN3O6S2. The number of carbonyl (C=O) groups is 2. The molecule has 2 aromatic carbocycles. The van der Waals surface area contributed by atoms with E-state index in [2.05, 4.69) is 20.9 Å². The van der Waals surface area contributed by atoms with E-state index in [9.17, 15) is 29.6 Å². The number of nitrogens with zero attached hydrogens (tertiary/aromatic N) is 2. The van der Waals surface area contributed by atoms with E-state index in [-0.39, 0.29) is 21.9 Å². The summed E-state index contributed by atoms with van der Waals surface area (Å²) in [6.45, 7) is 0. The van der Waals surface area contributed by atoms with Crippen molar-refractivity contribution in [1.29, 1.82) is 0 Å². The maximum atomic E-state index is 13.5. The molecule has 5 rings (SSSR count). The van der Waals surface area contributed by atoms with Crippen LogP contribution in [0.5, 0.6) is 5.75 Å². The van der Waals surface area contributed by atoms with Gasteiger partial charge in [0.2, 0.25) is 11.8 Å². The molecular weight excluding hydrogens is 522 g/mol. The number of halogens is 1. The largest absolute Gasteiger partial charge is 0.508 e. The van der Waals surface area contributed by atoms with Crippen LogP contribution in [0.15, 0.2) is 56.8 Å². The first kappa shape index (κ1) is 20.9. The van der Waals surface area contributed by atoms with E-state index in [0.29, 0.717) is 15.6 Å². The number of thioether (sulfide) groups is 1. The van der Waals surface area contributed by atoms with E-state index in [1.165, 1.54) is 12.1 Å². The van der Waals surface area contributed by atoms with Crippen molar-refractivity contribution in [2.75, 3.05) is 4.90 Å². The number of aromatic amines is 1. The Morgan fingerprint density at radius 1 is 1.09 bits per heavy atom. The Morgan fingerprint density at radius 3 is 2.50 bits per heavy atom. The molecule has 12 heteroatoms. The lowest BCUT2D eigenvalue weighted by Gasteiger charge is -2.30. The number of phenolic OH excluding ortho intramolecular Hbond substituents is 1. The molecule has 2 N–H and O–H groups in total. The number of aromatic hydroxyl groups is 1. The number of rotatable bonds is 3. The highest BCUT2D eigenvalue weighted by molar-refractivity contribution is 9.10. The first-order chi connectivity index (χ1) is 15.3. The fourth-order valence-corrected chi connectivity index (χ4v) is 6.87.